The van der Waals surface area contributed by atoms with Gasteiger partial charge in [-0.2, -0.15) is 0 Å². The van der Waals surface area contributed by atoms with Gasteiger partial charge in [0.25, 0.3) is 11.8 Å². The molecule has 8 heteroatoms. The molecule has 154 valence electrons. The first-order valence-corrected chi connectivity index (χ1v) is 9.57. The minimum absolute atomic E-state index is 0.143. The third-order valence-electron chi connectivity index (χ3n) is 4.71. The number of rotatable bonds is 7. The monoisotopic (exact) mass is 398 g/mol. The molecule has 0 unspecified atom stereocenters. The SMILES string of the molecule is COc1ccc(OCCNC(=O)c2cccc(C(=O)N3CCN(C)CC3)n2)cc1. The summed E-state index contributed by atoms with van der Waals surface area (Å²) in [6, 6.07) is 12.1. The van der Waals surface area contributed by atoms with E-state index >= 15 is 0 Å². The van der Waals surface area contributed by atoms with E-state index in [0.717, 1.165) is 18.8 Å². The molecular formula is C21H26N4O4. The maximum absolute atomic E-state index is 12.6. The Labute approximate surface area is 170 Å². The van der Waals surface area contributed by atoms with Crippen molar-refractivity contribution in [3.8, 4) is 11.5 Å². The van der Waals surface area contributed by atoms with Gasteiger partial charge in [0.1, 0.15) is 29.5 Å². The van der Waals surface area contributed by atoms with E-state index in [1.54, 1.807) is 54.5 Å². The molecule has 0 radical (unpaired) electrons. The van der Waals surface area contributed by atoms with Crippen molar-refractivity contribution in [3.05, 3.63) is 53.9 Å². The van der Waals surface area contributed by atoms with E-state index in [9.17, 15) is 9.59 Å². The molecule has 1 aliphatic rings. The van der Waals surface area contributed by atoms with Gasteiger partial charge < -0.3 is 24.6 Å². The first-order chi connectivity index (χ1) is 14.1. The average Bonchev–Trinajstić information content (AvgIpc) is 2.77. The highest BCUT2D eigenvalue weighted by Gasteiger charge is 2.22. The van der Waals surface area contributed by atoms with Crippen LogP contribution in [0.25, 0.3) is 0 Å². The Balaban J connectivity index is 1.49. The molecule has 2 heterocycles. The van der Waals surface area contributed by atoms with E-state index in [0.29, 0.717) is 32.0 Å². The molecule has 0 saturated carbocycles. The fraction of sp³-hybridized carbons (Fsp3) is 0.381. The summed E-state index contributed by atoms with van der Waals surface area (Å²) in [5, 5.41) is 2.76. The quantitative estimate of drug-likeness (QED) is 0.708. The molecule has 8 nitrogen and oxygen atoms in total. The van der Waals surface area contributed by atoms with E-state index in [-0.39, 0.29) is 23.2 Å². The highest BCUT2D eigenvalue weighted by molar-refractivity contribution is 5.96. The summed E-state index contributed by atoms with van der Waals surface area (Å²) in [5.74, 6) is 0.965. The van der Waals surface area contributed by atoms with Crippen molar-refractivity contribution in [2.45, 2.75) is 0 Å². The van der Waals surface area contributed by atoms with Crippen molar-refractivity contribution in [3.63, 3.8) is 0 Å². The molecule has 1 aromatic carbocycles. The minimum Gasteiger partial charge on any atom is -0.497 e. The molecule has 1 aliphatic heterocycles. The molecule has 3 rings (SSSR count). The van der Waals surface area contributed by atoms with Gasteiger partial charge in [0.15, 0.2) is 0 Å². The Morgan fingerprint density at radius 2 is 1.66 bits per heavy atom. The third-order valence-corrected chi connectivity index (χ3v) is 4.71. The van der Waals surface area contributed by atoms with Crippen molar-refractivity contribution >= 4 is 11.8 Å². The van der Waals surface area contributed by atoms with E-state index in [2.05, 4.69) is 15.2 Å². The highest BCUT2D eigenvalue weighted by Crippen LogP contribution is 2.16. The molecule has 0 atom stereocenters. The van der Waals surface area contributed by atoms with E-state index in [1.165, 1.54) is 0 Å². The van der Waals surface area contributed by atoms with Crippen LogP contribution in [0.4, 0.5) is 0 Å². The van der Waals surface area contributed by atoms with Crippen LogP contribution < -0.4 is 14.8 Å². The summed E-state index contributed by atoms with van der Waals surface area (Å²) in [5.41, 5.74) is 0.506. The number of nitrogens with one attached hydrogen (secondary N) is 1. The predicted molar refractivity (Wildman–Crippen MR) is 108 cm³/mol. The Kier molecular flexibility index (Phi) is 7.02. The van der Waals surface area contributed by atoms with Gasteiger partial charge in [0.2, 0.25) is 0 Å². The predicted octanol–water partition coefficient (Wildman–Crippen LogP) is 1.29. The van der Waals surface area contributed by atoms with Gasteiger partial charge in [-0.3, -0.25) is 9.59 Å². The van der Waals surface area contributed by atoms with Gasteiger partial charge in [0, 0.05) is 26.2 Å². The van der Waals surface area contributed by atoms with Gasteiger partial charge in [0.05, 0.1) is 13.7 Å². The first-order valence-electron chi connectivity index (χ1n) is 9.57. The third kappa shape index (κ3) is 5.68. The fourth-order valence-corrected chi connectivity index (χ4v) is 2.95. The zero-order valence-corrected chi connectivity index (χ0v) is 16.8. The lowest BCUT2D eigenvalue weighted by Crippen LogP contribution is -2.47. The van der Waals surface area contributed by atoms with E-state index < -0.39 is 0 Å². The molecular weight excluding hydrogens is 372 g/mol. The van der Waals surface area contributed by atoms with Crippen molar-refractivity contribution in [2.24, 2.45) is 0 Å². The number of ether oxygens (including phenoxy) is 2. The smallest absolute Gasteiger partial charge is 0.272 e. The van der Waals surface area contributed by atoms with Crippen molar-refractivity contribution in [2.75, 3.05) is 53.5 Å². The number of hydrogen-bond donors (Lipinski definition) is 1. The Hall–Kier alpha value is -3.13. The average molecular weight is 398 g/mol. The van der Waals surface area contributed by atoms with Gasteiger partial charge in [-0.1, -0.05) is 6.07 Å². The number of likely N-dealkylation sites (N-methyl/N-ethyl adjacent to an activating group) is 1. The van der Waals surface area contributed by atoms with E-state index in [4.69, 9.17) is 9.47 Å². The summed E-state index contributed by atoms with van der Waals surface area (Å²) < 4.78 is 10.7. The number of carbonyl (C=O) groups excluding carboxylic acids is 2. The lowest BCUT2D eigenvalue weighted by molar-refractivity contribution is 0.0658. The summed E-state index contributed by atoms with van der Waals surface area (Å²) in [6.07, 6.45) is 0. The first kappa shape index (κ1) is 20.6. The van der Waals surface area contributed by atoms with Crippen LogP contribution in [0.1, 0.15) is 21.0 Å². The van der Waals surface area contributed by atoms with Crippen LogP contribution in [0.3, 0.4) is 0 Å². The van der Waals surface area contributed by atoms with Crippen LogP contribution in [-0.4, -0.2) is 80.1 Å². The molecule has 1 saturated heterocycles. The van der Waals surface area contributed by atoms with Crippen LogP contribution in [-0.2, 0) is 0 Å². The van der Waals surface area contributed by atoms with Gasteiger partial charge in [-0.15, -0.1) is 0 Å². The number of piperazine rings is 1. The second kappa shape index (κ2) is 9.88. The molecule has 0 bridgehead atoms. The van der Waals surface area contributed by atoms with Crippen LogP contribution in [0.5, 0.6) is 11.5 Å². The topological polar surface area (TPSA) is 84.0 Å². The summed E-state index contributed by atoms with van der Waals surface area (Å²) in [7, 11) is 3.64. The van der Waals surface area contributed by atoms with Gasteiger partial charge in [-0.05, 0) is 43.4 Å². The number of hydrogen-bond acceptors (Lipinski definition) is 6. The molecule has 1 N–H and O–H groups in total. The maximum atomic E-state index is 12.6. The standard InChI is InChI=1S/C21H26N4O4/c1-24-11-13-25(14-12-24)21(27)19-5-3-4-18(23-19)20(26)22-10-15-29-17-8-6-16(28-2)7-9-17/h3-9H,10-15H2,1-2H3,(H,22,26). The Morgan fingerprint density at radius 1 is 1.00 bits per heavy atom. The van der Waals surface area contributed by atoms with Crippen LogP contribution in [0.15, 0.2) is 42.5 Å². The number of benzene rings is 1. The molecule has 29 heavy (non-hydrogen) atoms. The fourth-order valence-electron chi connectivity index (χ4n) is 2.95. The maximum Gasteiger partial charge on any atom is 0.272 e. The van der Waals surface area contributed by atoms with Gasteiger partial charge in [-0.25, -0.2) is 4.98 Å². The van der Waals surface area contributed by atoms with E-state index in [1.807, 2.05) is 7.05 Å². The van der Waals surface area contributed by atoms with Crippen molar-refractivity contribution < 1.29 is 19.1 Å². The molecule has 0 aliphatic carbocycles. The zero-order valence-electron chi connectivity index (χ0n) is 16.8. The number of methoxy groups -OCH3 is 1. The van der Waals surface area contributed by atoms with Crippen LogP contribution in [0.2, 0.25) is 0 Å². The Bertz CT molecular complexity index is 833. The lowest BCUT2D eigenvalue weighted by atomic mass is 10.2. The molecule has 1 aromatic heterocycles. The highest BCUT2D eigenvalue weighted by atomic mass is 16.5. The van der Waals surface area contributed by atoms with Crippen LogP contribution >= 0.6 is 0 Å². The molecule has 2 aromatic rings. The number of amides is 2. The minimum atomic E-state index is -0.337. The largest absolute Gasteiger partial charge is 0.497 e. The summed E-state index contributed by atoms with van der Waals surface area (Å²) in [4.78, 5) is 33.2. The number of nitrogens with zero attached hydrogens (tertiary/aromatic N) is 3. The number of aromatic nitrogens is 1. The molecule has 1 fully saturated rings. The normalized spacial score (nSPS) is 14.3. The van der Waals surface area contributed by atoms with Gasteiger partial charge >= 0.3 is 0 Å². The van der Waals surface area contributed by atoms with Crippen LogP contribution in [0, 0.1) is 0 Å². The summed E-state index contributed by atoms with van der Waals surface area (Å²) in [6.45, 7) is 3.63. The van der Waals surface area contributed by atoms with Crippen molar-refractivity contribution in [1.82, 2.24) is 20.1 Å². The van der Waals surface area contributed by atoms with Crippen molar-refractivity contribution in [1.29, 1.82) is 0 Å². The number of pyridine rings is 1. The molecule has 0 spiro atoms. The molecule has 2 amide bonds. The Morgan fingerprint density at radius 3 is 2.34 bits per heavy atom. The lowest BCUT2D eigenvalue weighted by Gasteiger charge is -2.32. The second-order valence-corrected chi connectivity index (χ2v) is 6.78. The zero-order chi connectivity index (χ0) is 20.6. The number of carbonyl (C=O) groups is 2. The second-order valence-electron chi connectivity index (χ2n) is 6.78. The summed E-state index contributed by atoms with van der Waals surface area (Å²) >= 11 is 0.